The van der Waals surface area contributed by atoms with Gasteiger partial charge in [-0.05, 0) is 37.1 Å². The lowest BCUT2D eigenvalue weighted by Crippen LogP contribution is -2.11. The largest absolute Gasteiger partial charge is 0.396 e. The first-order valence-corrected chi connectivity index (χ1v) is 7.24. The maximum atomic E-state index is 11.4. The standard InChI is InChI=1S/C16H18N4O2/c17-16(22)12-4-3-11-9-15(13-5-6-18-19-13)20(14(11)10-12)7-1-2-8-21/h3-6,9-10,21H,1-2,7-8H2,(H2,17,22)(H,18,19). The van der Waals surface area contributed by atoms with Crippen LogP contribution >= 0.6 is 0 Å². The number of aliphatic hydroxyl groups is 1. The SMILES string of the molecule is NC(=O)c1ccc2cc(-c3ccn[nH]3)n(CCCCO)c2c1. The van der Waals surface area contributed by atoms with Crippen LogP contribution in [0.4, 0.5) is 0 Å². The molecule has 3 aromatic rings. The number of hydrogen-bond acceptors (Lipinski definition) is 3. The molecule has 0 bridgehead atoms. The number of H-pyrrole nitrogens is 1. The summed E-state index contributed by atoms with van der Waals surface area (Å²) in [5.41, 5.74) is 8.75. The van der Waals surface area contributed by atoms with Gasteiger partial charge in [-0.2, -0.15) is 5.10 Å². The van der Waals surface area contributed by atoms with Crippen molar-refractivity contribution < 1.29 is 9.90 Å². The number of aromatic nitrogens is 3. The zero-order valence-electron chi connectivity index (χ0n) is 12.1. The van der Waals surface area contributed by atoms with Crippen molar-refractivity contribution in [3.63, 3.8) is 0 Å². The molecule has 0 fully saturated rings. The monoisotopic (exact) mass is 298 g/mol. The zero-order valence-corrected chi connectivity index (χ0v) is 12.1. The quantitative estimate of drug-likeness (QED) is 0.606. The second kappa shape index (κ2) is 6.03. The Morgan fingerprint density at radius 3 is 2.82 bits per heavy atom. The molecule has 0 saturated heterocycles. The van der Waals surface area contributed by atoms with Crippen molar-refractivity contribution in [3.8, 4) is 11.4 Å². The molecule has 0 saturated carbocycles. The Morgan fingerprint density at radius 2 is 2.14 bits per heavy atom. The van der Waals surface area contributed by atoms with Crippen molar-refractivity contribution in [3.05, 3.63) is 42.1 Å². The number of hydrogen-bond donors (Lipinski definition) is 3. The molecule has 22 heavy (non-hydrogen) atoms. The van der Waals surface area contributed by atoms with E-state index in [0.717, 1.165) is 41.7 Å². The molecule has 1 amide bonds. The number of benzene rings is 1. The molecule has 1 aromatic carbocycles. The summed E-state index contributed by atoms with van der Waals surface area (Å²) in [6.45, 7) is 0.922. The summed E-state index contributed by atoms with van der Waals surface area (Å²) >= 11 is 0. The molecule has 6 heteroatoms. The van der Waals surface area contributed by atoms with E-state index < -0.39 is 5.91 Å². The van der Waals surface area contributed by atoms with E-state index in [2.05, 4.69) is 20.8 Å². The molecule has 0 aliphatic carbocycles. The normalized spacial score (nSPS) is 11.1. The van der Waals surface area contributed by atoms with E-state index in [1.165, 1.54) is 0 Å². The Balaban J connectivity index is 2.12. The van der Waals surface area contributed by atoms with Crippen molar-refractivity contribution >= 4 is 16.8 Å². The topological polar surface area (TPSA) is 96.9 Å². The number of rotatable bonds is 6. The molecule has 6 nitrogen and oxygen atoms in total. The summed E-state index contributed by atoms with van der Waals surface area (Å²) in [6, 6.07) is 9.42. The fraction of sp³-hybridized carbons (Fsp3) is 0.250. The van der Waals surface area contributed by atoms with Crippen molar-refractivity contribution in [2.75, 3.05) is 6.61 Å². The van der Waals surface area contributed by atoms with Crippen LogP contribution in [0.2, 0.25) is 0 Å². The van der Waals surface area contributed by atoms with Gasteiger partial charge in [-0.15, -0.1) is 0 Å². The van der Waals surface area contributed by atoms with Gasteiger partial charge in [0, 0.05) is 35.8 Å². The highest BCUT2D eigenvalue weighted by atomic mass is 16.2. The van der Waals surface area contributed by atoms with E-state index in [-0.39, 0.29) is 6.61 Å². The first-order chi connectivity index (χ1) is 10.7. The van der Waals surface area contributed by atoms with Gasteiger partial charge >= 0.3 is 0 Å². The molecule has 0 atom stereocenters. The number of unbranched alkanes of at least 4 members (excludes halogenated alkanes) is 1. The molecular formula is C16H18N4O2. The third-order valence-electron chi connectivity index (χ3n) is 3.76. The van der Waals surface area contributed by atoms with E-state index in [9.17, 15) is 4.79 Å². The van der Waals surface area contributed by atoms with Crippen LogP contribution in [0.3, 0.4) is 0 Å². The minimum atomic E-state index is -0.437. The van der Waals surface area contributed by atoms with Crippen LogP contribution in [-0.4, -0.2) is 32.4 Å². The predicted octanol–water partition coefficient (Wildman–Crippen LogP) is 1.90. The number of carbonyl (C=O) groups excluding carboxylic acids is 1. The van der Waals surface area contributed by atoms with Gasteiger partial charge in [0.25, 0.3) is 0 Å². The number of nitrogens with zero attached hydrogens (tertiary/aromatic N) is 2. The highest BCUT2D eigenvalue weighted by Crippen LogP contribution is 2.28. The van der Waals surface area contributed by atoms with E-state index >= 15 is 0 Å². The Morgan fingerprint density at radius 1 is 1.27 bits per heavy atom. The van der Waals surface area contributed by atoms with E-state index in [1.54, 1.807) is 12.3 Å². The summed E-state index contributed by atoms with van der Waals surface area (Å²) in [7, 11) is 0. The molecule has 2 aromatic heterocycles. The molecule has 4 N–H and O–H groups in total. The maximum Gasteiger partial charge on any atom is 0.248 e. The molecule has 0 aliphatic rings. The fourth-order valence-electron chi connectivity index (χ4n) is 2.65. The highest BCUT2D eigenvalue weighted by molar-refractivity contribution is 5.98. The van der Waals surface area contributed by atoms with Crippen LogP contribution in [0.25, 0.3) is 22.3 Å². The number of carbonyl (C=O) groups is 1. The van der Waals surface area contributed by atoms with Gasteiger partial charge in [0.1, 0.15) is 0 Å². The molecular weight excluding hydrogens is 280 g/mol. The number of nitrogens with two attached hydrogens (primary N) is 1. The Kier molecular flexibility index (Phi) is 3.93. The zero-order chi connectivity index (χ0) is 15.5. The van der Waals surface area contributed by atoms with Crippen molar-refractivity contribution in [1.82, 2.24) is 14.8 Å². The molecule has 0 radical (unpaired) electrons. The molecule has 114 valence electrons. The summed E-state index contributed by atoms with van der Waals surface area (Å²) in [5.74, 6) is -0.437. The van der Waals surface area contributed by atoms with Gasteiger partial charge in [-0.25, -0.2) is 0 Å². The first-order valence-electron chi connectivity index (χ1n) is 7.24. The number of amides is 1. The lowest BCUT2D eigenvalue weighted by Gasteiger charge is -2.10. The van der Waals surface area contributed by atoms with Gasteiger partial charge < -0.3 is 15.4 Å². The third-order valence-corrected chi connectivity index (χ3v) is 3.76. The maximum absolute atomic E-state index is 11.4. The second-order valence-corrected chi connectivity index (χ2v) is 5.22. The summed E-state index contributed by atoms with van der Waals surface area (Å²) in [4.78, 5) is 11.4. The molecule has 0 unspecified atom stereocenters. The van der Waals surface area contributed by atoms with Gasteiger partial charge in [-0.1, -0.05) is 6.07 Å². The second-order valence-electron chi connectivity index (χ2n) is 5.22. The average Bonchev–Trinajstić information content (AvgIpc) is 3.14. The average molecular weight is 298 g/mol. The first kappa shape index (κ1) is 14.3. The molecule has 2 heterocycles. The predicted molar refractivity (Wildman–Crippen MR) is 84.4 cm³/mol. The Bertz CT molecular complexity index is 790. The minimum absolute atomic E-state index is 0.172. The Hall–Kier alpha value is -2.60. The van der Waals surface area contributed by atoms with E-state index in [1.807, 2.05) is 18.2 Å². The van der Waals surface area contributed by atoms with Crippen molar-refractivity contribution in [2.24, 2.45) is 5.73 Å². The molecule has 3 rings (SSSR count). The fourth-order valence-corrected chi connectivity index (χ4v) is 2.65. The smallest absolute Gasteiger partial charge is 0.248 e. The number of aryl methyl sites for hydroxylation is 1. The van der Waals surface area contributed by atoms with Crippen LogP contribution < -0.4 is 5.73 Å². The van der Waals surface area contributed by atoms with Gasteiger partial charge in [-0.3, -0.25) is 9.89 Å². The van der Waals surface area contributed by atoms with Crippen LogP contribution in [0, 0.1) is 0 Å². The number of primary amides is 1. The Labute approximate surface area is 127 Å². The summed E-state index contributed by atoms with van der Waals surface area (Å²) in [6.07, 6.45) is 3.29. The van der Waals surface area contributed by atoms with Crippen LogP contribution in [-0.2, 0) is 6.54 Å². The van der Waals surface area contributed by atoms with Crippen molar-refractivity contribution in [2.45, 2.75) is 19.4 Å². The van der Waals surface area contributed by atoms with Gasteiger partial charge in [0.05, 0.1) is 11.4 Å². The number of fused-ring (bicyclic) bond motifs is 1. The van der Waals surface area contributed by atoms with E-state index in [0.29, 0.717) is 5.56 Å². The molecule has 0 spiro atoms. The van der Waals surface area contributed by atoms with Crippen molar-refractivity contribution in [1.29, 1.82) is 0 Å². The summed E-state index contributed by atoms with van der Waals surface area (Å²) < 4.78 is 2.13. The number of aromatic amines is 1. The van der Waals surface area contributed by atoms with Crippen LogP contribution in [0.1, 0.15) is 23.2 Å². The minimum Gasteiger partial charge on any atom is -0.396 e. The lowest BCUT2D eigenvalue weighted by atomic mass is 10.1. The number of aliphatic hydroxyl groups excluding tert-OH is 1. The summed E-state index contributed by atoms with van der Waals surface area (Å²) in [5, 5.41) is 17.0. The van der Waals surface area contributed by atoms with E-state index in [4.69, 9.17) is 10.8 Å². The number of nitrogens with one attached hydrogen (secondary N) is 1. The van der Waals surface area contributed by atoms with Gasteiger partial charge in [0.2, 0.25) is 5.91 Å². The van der Waals surface area contributed by atoms with Crippen LogP contribution in [0.5, 0.6) is 0 Å². The highest BCUT2D eigenvalue weighted by Gasteiger charge is 2.13. The lowest BCUT2D eigenvalue weighted by molar-refractivity contribution is 0.100. The van der Waals surface area contributed by atoms with Gasteiger partial charge in [0.15, 0.2) is 0 Å². The van der Waals surface area contributed by atoms with Crippen LogP contribution in [0.15, 0.2) is 36.5 Å². The third kappa shape index (κ3) is 2.60. The molecule has 0 aliphatic heterocycles.